The van der Waals surface area contributed by atoms with Crippen molar-refractivity contribution in [2.45, 2.75) is 52.7 Å². The lowest BCUT2D eigenvalue weighted by Crippen LogP contribution is -2.32. The van der Waals surface area contributed by atoms with Crippen LogP contribution in [0.2, 0.25) is 0 Å². The number of anilines is 1. The van der Waals surface area contributed by atoms with E-state index in [0.717, 1.165) is 21.6 Å². The number of carbonyl (C=O) groups excluding carboxylic acids is 2. The minimum Gasteiger partial charge on any atom is -0.462 e. The highest BCUT2D eigenvalue weighted by molar-refractivity contribution is 7.17. The third-order valence-corrected chi connectivity index (χ3v) is 5.63. The molecule has 1 amide bonds. The van der Waals surface area contributed by atoms with Gasteiger partial charge in [-0.15, -0.1) is 11.3 Å². The van der Waals surface area contributed by atoms with E-state index in [1.165, 1.54) is 11.3 Å². The molecule has 0 atom stereocenters. The van der Waals surface area contributed by atoms with Gasteiger partial charge < -0.3 is 14.8 Å². The molecule has 5 nitrogen and oxygen atoms in total. The van der Waals surface area contributed by atoms with Crippen LogP contribution in [0.3, 0.4) is 0 Å². The molecule has 6 heteroatoms. The highest BCUT2D eigenvalue weighted by Crippen LogP contribution is 2.40. The topological polar surface area (TPSA) is 64.6 Å². The van der Waals surface area contributed by atoms with Gasteiger partial charge in [0.25, 0.3) is 0 Å². The molecule has 0 bridgehead atoms. The predicted molar refractivity (Wildman–Crippen MR) is 106 cm³/mol. The Hall–Kier alpha value is -2.18. The van der Waals surface area contributed by atoms with Gasteiger partial charge in [-0.3, -0.25) is 4.79 Å². The average molecular weight is 388 g/mol. The molecule has 2 aromatic rings. The highest BCUT2D eigenvalue weighted by Gasteiger charge is 2.34. The van der Waals surface area contributed by atoms with Crippen LogP contribution in [-0.4, -0.2) is 24.1 Å². The van der Waals surface area contributed by atoms with Crippen molar-refractivity contribution in [1.82, 2.24) is 0 Å². The van der Waals surface area contributed by atoms with E-state index >= 15 is 0 Å². The van der Waals surface area contributed by atoms with Gasteiger partial charge in [0.15, 0.2) is 0 Å². The minimum atomic E-state index is -0.390. The molecule has 1 aromatic carbocycles. The maximum Gasteiger partial charge on any atom is 0.341 e. The summed E-state index contributed by atoms with van der Waals surface area (Å²) in [5.74, 6) is -0.540. The van der Waals surface area contributed by atoms with Crippen molar-refractivity contribution in [3.05, 3.63) is 51.4 Å². The number of nitrogens with one attached hydrogen (secondary N) is 1. The van der Waals surface area contributed by atoms with Crippen molar-refractivity contribution in [1.29, 1.82) is 0 Å². The van der Waals surface area contributed by atoms with Crippen LogP contribution in [0.1, 0.15) is 52.7 Å². The number of rotatable bonds is 5. The number of hydrogen-bond acceptors (Lipinski definition) is 5. The Morgan fingerprint density at radius 1 is 1.26 bits per heavy atom. The number of benzene rings is 1. The van der Waals surface area contributed by atoms with Crippen molar-refractivity contribution in [3.8, 4) is 0 Å². The number of ether oxygens (including phenoxy) is 2. The second kappa shape index (κ2) is 7.82. The van der Waals surface area contributed by atoms with Crippen molar-refractivity contribution >= 4 is 28.2 Å². The standard InChI is InChI=1S/C21H25NO4S/c1-5-25-20(24)18-15-11-21(3,4)26-12-16(15)27-19(18)22-17(23)10-14-8-6-13(2)7-9-14/h6-9H,5,10-12H2,1-4H3,(H,22,23). The second-order valence-electron chi connectivity index (χ2n) is 7.36. The van der Waals surface area contributed by atoms with E-state index in [9.17, 15) is 9.59 Å². The van der Waals surface area contributed by atoms with Crippen molar-refractivity contribution in [2.75, 3.05) is 11.9 Å². The van der Waals surface area contributed by atoms with Gasteiger partial charge in [-0.25, -0.2) is 4.79 Å². The largest absolute Gasteiger partial charge is 0.462 e. The number of fused-ring (bicyclic) bond motifs is 1. The van der Waals surface area contributed by atoms with Crippen molar-refractivity contribution in [3.63, 3.8) is 0 Å². The summed E-state index contributed by atoms with van der Waals surface area (Å²) in [6.07, 6.45) is 0.869. The Balaban J connectivity index is 1.85. The lowest BCUT2D eigenvalue weighted by Gasteiger charge is -2.30. The molecule has 1 aromatic heterocycles. The van der Waals surface area contributed by atoms with Crippen LogP contribution >= 0.6 is 11.3 Å². The predicted octanol–water partition coefficient (Wildman–Crippen LogP) is 4.27. The molecule has 1 aliphatic heterocycles. The van der Waals surface area contributed by atoms with E-state index in [2.05, 4.69) is 5.32 Å². The van der Waals surface area contributed by atoms with Gasteiger partial charge in [0.1, 0.15) is 5.00 Å². The number of esters is 1. The molecule has 27 heavy (non-hydrogen) atoms. The summed E-state index contributed by atoms with van der Waals surface area (Å²) in [7, 11) is 0. The molecular formula is C21H25NO4S. The number of thiophene rings is 1. The summed E-state index contributed by atoms with van der Waals surface area (Å²) in [5.41, 5.74) is 3.14. The lowest BCUT2D eigenvalue weighted by atomic mass is 9.93. The zero-order valence-electron chi connectivity index (χ0n) is 16.2. The van der Waals surface area contributed by atoms with Crippen LogP contribution in [0.4, 0.5) is 5.00 Å². The van der Waals surface area contributed by atoms with Gasteiger partial charge in [0.05, 0.1) is 30.8 Å². The summed E-state index contributed by atoms with van der Waals surface area (Å²) >= 11 is 1.40. The first-order valence-corrected chi connectivity index (χ1v) is 9.91. The van der Waals surface area contributed by atoms with E-state index < -0.39 is 5.97 Å². The summed E-state index contributed by atoms with van der Waals surface area (Å²) in [6, 6.07) is 7.85. The van der Waals surface area contributed by atoms with Gasteiger partial charge in [-0.05, 0) is 38.8 Å². The summed E-state index contributed by atoms with van der Waals surface area (Å²) in [5, 5.41) is 3.47. The fraction of sp³-hybridized carbons (Fsp3) is 0.429. The number of hydrogen-bond donors (Lipinski definition) is 1. The minimum absolute atomic E-state index is 0.150. The molecule has 144 valence electrons. The summed E-state index contributed by atoms with van der Waals surface area (Å²) in [6.45, 7) is 8.51. The molecule has 0 unspecified atom stereocenters. The molecule has 0 fully saturated rings. The molecule has 0 spiro atoms. The molecule has 0 saturated carbocycles. The third kappa shape index (κ3) is 4.57. The van der Waals surface area contributed by atoms with Crippen LogP contribution in [0.25, 0.3) is 0 Å². The molecule has 0 radical (unpaired) electrons. The average Bonchev–Trinajstić information content (AvgIpc) is 2.93. The normalized spacial score (nSPS) is 15.1. The molecule has 3 rings (SSSR count). The zero-order chi connectivity index (χ0) is 19.6. The second-order valence-corrected chi connectivity index (χ2v) is 8.47. The molecule has 1 aliphatic rings. The smallest absolute Gasteiger partial charge is 0.341 e. The van der Waals surface area contributed by atoms with E-state index in [1.54, 1.807) is 6.92 Å². The fourth-order valence-corrected chi connectivity index (χ4v) is 4.26. The summed E-state index contributed by atoms with van der Waals surface area (Å²) in [4.78, 5) is 26.1. The van der Waals surface area contributed by atoms with Gasteiger partial charge in [-0.1, -0.05) is 29.8 Å². The monoisotopic (exact) mass is 387 g/mol. The van der Waals surface area contributed by atoms with E-state index in [-0.39, 0.29) is 17.9 Å². The molecule has 0 aliphatic carbocycles. The van der Waals surface area contributed by atoms with Gasteiger partial charge in [-0.2, -0.15) is 0 Å². The highest BCUT2D eigenvalue weighted by atomic mass is 32.1. The van der Waals surface area contributed by atoms with Gasteiger partial charge in [0, 0.05) is 11.3 Å². The number of carbonyl (C=O) groups is 2. The molecular weight excluding hydrogens is 362 g/mol. The first-order valence-electron chi connectivity index (χ1n) is 9.10. The Bertz CT molecular complexity index is 852. The third-order valence-electron chi connectivity index (χ3n) is 4.50. The quantitative estimate of drug-likeness (QED) is 0.779. The van der Waals surface area contributed by atoms with Gasteiger partial charge in [0.2, 0.25) is 5.91 Å². The molecule has 0 saturated heterocycles. The maximum absolute atomic E-state index is 12.6. The van der Waals surface area contributed by atoms with Crippen molar-refractivity contribution in [2.24, 2.45) is 0 Å². The maximum atomic E-state index is 12.6. The number of amides is 1. The SMILES string of the molecule is CCOC(=O)c1c(NC(=O)Cc2ccc(C)cc2)sc2c1CC(C)(C)OC2. The van der Waals surface area contributed by atoms with Crippen LogP contribution in [0, 0.1) is 6.92 Å². The molecule has 2 heterocycles. The first kappa shape index (κ1) is 19.6. The Morgan fingerprint density at radius 3 is 2.63 bits per heavy atom. The Labute approximate surface area is 163 Å². The van der Waals surface area contributed by atoms with Crippen molar-refractivity contribution < 1.29 is 19.1 Å². The summed E-state index contributed by atoms with van der Waals surface area (Å²) < 4.78 is 11.1. The lowest BCUT2D eigenvalue weighted by molar-refractivity contribution is -0.115. The Morgan fingerprint density at radius 2 is 1.96 bits per heavy atom. The van der Waals surface area contributed by atoms with E-state index in [1.807, 2.05) is 45.0 Å². The first-order chi connectivity index (χ1) is 12.8. The van der Waals surface area contributed by atoms with E-state index in [4.69, 9.17) is 9.47 Å². The number of aryl methyl sites for hydroxylation is 1. The van der Waals surface area contributed by atoms with Crippen LogP contribution in [-0.2, 0) is 33.7 Å². The van der Waals surface area contributed by atoms with Crippen LogP contribution < -0.4 is 5.32 Å². The Kier molecular flexibility index (Phi) is 5.67. The zero-order valence-corrected chi connectivity index (χ0v) is 17.0. The van der Waals surface area contributed by atoms with Crippen LogP contribution in [0.15, 0.2) is 24.3 Å². The van der Waals surface area contributed by atoms with Gasteiger partial charge >= 0.3 is 5.97 Å². The fourth-order valence-electron chi connectivity index (χ4n) is 3.12. The van der Waals surface area contributed by atoms with E-state index in [0.29, 0.717) is 30.2 Å². The molecule has 1 N–H and O–H groups in total. The van der Waals surface area contributed by atoms with Crippen LogP contribution in [0.5, 0.6) is 0 Å².